The van der Waals surface area contributed by atoms with Crippen LogP contribution in [0.25, 0.3) is 0 Å². The molecular weight excluding hydrogens is 256 g/mol. The second-order valence-corrected chi connectivity index (χ2v) is 5.19. The van der Waals surface area contributed by atoms with Crippen molar-refractivity contribution in [3.8, 4) is 0 Å². The zero-order chi connectivity index (χ0) is 13.8. The van der Waals surface area contributed by atoms with Crippen molar-refractivity contribution in [2.45, 2.75) is 19.1 Å². The van der Waals surface area contributed by atoms with Crippen LogP contribution >= 0.6 is 0 Å². The fraction of sp³-hybridized carbons (Fsp3) is 0.533. The molecule has 2 heterocycles. The van der Waals surface area contributed by atoms with Crippen molar-refractivity contribution in [2.24, 2.45) is 0 Å². The maximum Gasteiger partial charge on any atom is 0.251 e. The Kier molecular flexibility index (Phi) is 4.30. The number of benzene rings is 1. The molecule has 0 aliphatic carbocycles. The molecule has 20 heavy (non-hydrogen) atoms. The van der Waals surface area contributed by atoms with E-state index in [-0.39, 0.29) is 12.0 Å². The Hall–Kier alpha value is -1.43. The number of ether oxygens (including phenoxy) is 2. The average molecular weight is 276 g/mol. The van der Waals surface area contributed by atoms with E-state index in [9.17, 15) is 4.79 Å². The molecule has 1 fully saturated rings. The highest BCUT2D eigenvalue weighted by atomic mass is 16.6. The highest BCUT2D eigenvalue weighted by molar-refractivity contribution is 5.94. The maximum atomic E-state index is 12.1. The SMILES string of the molecule is O=C(NCC1COCCO1)c1ccc2c(c1)CNCC2. The first kappa shape index (κ1) is 13.5. The minimum Gasteiger partial charge on any atom is -0.376 e. The molecule has 2 aliphatic rings. The van der Waals surface area contributed by atoms with Crippen LogP contribution in [-0.4, -0.2) is 44.9 Å². The number of carbonyl (C=O) groups excluding carboxylic acids is 1. The summed E-state index contributed by atoms with van der Waals surface area (Å²) in [4.78, 5) is 12.1. The minimum atomic E-state index is -0.0486. The number of fused-ring (bicyclic) bond motifs is 1. The Morgan fingerprint density at radius 3 is 3.15 bits per heavy atom. The van der Waals surface area contributed by atoms with E-state index in [0.717, 1.165) is 19.5 Å². The molecule has 1 aromatic carbocycles. The summed E-state index contributed by atoms with van der Waals surface area (Å²) in [5, 5.41) is 6.23. The molecule has 0 aromatic heterocycles. The van der Waals surface area contributed by atoms with Crippen LogP contribution in [0.4, 0.5) is 0 Å². The Morgan fingerprint density at radius 2 is 2.30 bits per heavy atom. The van der Waals surface area contributed by atoms with Gasteiger partial charge in [-0.15, -0.1) is 0 Å². The van der Waals surface area contributed by atoms with E-state index in [4.69, 9.17) is 9.47 Å². The zero-order valence-corrected chi connectivity index (χ0v) is 11.5. The third-order valence-corrected chi connectivity index (χ3v) is 3.73. The van der Waals surface area contributed by atoms with Gasteiger partial charge in [0.05, 0.1) is 25.9 Å². The number of nitrogens with one attached hydrogen (secondary N) is 2. The summed E-state index contributed by atoms with van der Waals surface area (Å²) in [6.07, 6.45) is 0.997. The summed E-state index contributed by atoms with van der Waals surface area (Å²) in [5.74, 6) is -0.0486. The average Bonchev–Trinajstić information content (AvgIpc) is 2.53. The van der Waals surface area contributed by atoms with Crippen LogP contribution in [0, 0.1) is 0 Å². The molecule has 0 spiro atoms. The molecule has 0 bridgehead atoms. The zero-order valence-electron chi connectivity index (χ0n) is 11.5. The van der Waals surface area contributed by atoms with Crippen LogP contribution in [0.15, 0.2) is 18.2 Å². The van der Waals surface area contributed by atoms with Gasteiger partial charge >= 0.3 is 0 Å². The molecule has 0 saturated carbocycles. The van der Waals surface area contributed by atoms with Crippen molar-refractivity contribution >= 4 is 5.91 Å². The fourth-order valence-corrected chi connectivity index (χ4v) is 2.58. The predicted molar refractivity (Wildman–Crippen MR) is 74.7 cm³/mol. The second-order valence-electron chi connectivity index (χ2n) is 5.19. The molecule has 5 heteroatoms. The number of hydrogen-bond acceptors (Lipinski definition) is 4. The van der Waals surface area contributed by atoms with Crippen LogP contribution < -0.4 is 10.6 Å². The van der Waals surface area contributed by atoms with E-state index in [0.29, 0.717) is 31.9 Å². The van der Waals surface area contributed by atoms with Crippen molar-refractivity contribution in [3.63, 3.8) is 0 Å². The first-order valence-electron chi connectivity index (χ1n) is 7.13. The molecule has 1 saturated heterocycles. The molecule has 5 nitrogen and oxygen atoms in total. The van der Waals surface area contributed by atoms with E-state index in [1.165, 1.54) is 11.1 Å². The van der Waals surface area contributed by atoms with Gasteiger partial charge in [-0.2, -0.15) is 0 Å². The van der Waals surface area contributed by atoms with Crippen molar-refractivity contribution < 1.29 is 14.3 Å². The van der Waals surface area contributed by atoms with Crippen LogP contribution in [0.3, 0.4) is 0 Å². The molecule has 2 N–H and O–H groups in total. The number of hydrogen-bond donors (Lipinski definition) is 2. The summed E-state index contributed by atoms with van der Waals surface area (Å²) >= 11 is 0. The van der Waals surface area contributed by atoms with Crippen molar-refractivity contribution in [1.82, 2.24) is 10.6 Å². The Morgan fingerprint density at radius 1 is 1.35 bits per heavy atom. The molecule has 3 rings (SSSR count). The number of amides is 1. The Bertz CT molecular complexity index is 484. The fourth-order valence-electron chi connectivity index (χ4n) is 2.58. The van der Waals surface area contributed by atoms with Crippen LogP contribution in [0.1, 0.15) is 21.5 Å². The molecule has 2 aliphatic heterocycles. The van der Waals surface area contributed by atoms with Gasteiger partial charge in [0.2, 0.25) is 0 Å². The van der Waals surface area contributed by atoms with Gasteiger partial charge in [-0.3, -0.25) is 4.79 Å². The first-order chi connectivity index (χ1) is 9.83. The molecule has 1 amide bonds. The molecule has 1 aromatic rings. The third kappa shape index (κ3) is 3.17. The van der Waals surface area contributed by atoms with Crippen molar-refractivity contribution in [1.29, 1.82) is 0 Å². The first-order valence-corrected chi connectivity index (χ1v) is 7.13. The van der Waals surface area contributed by atoms with E-state index in [2.05, 4.69) is 16.7 Å². The topological polar surface area (TPSA) is 59.6 Å². The van der Waals surface area contributed by atoms with Gasteiger partial charge < -0.3 is 20.1 Å². The van der Waals surface area contributed by atoms with Crippen LogP contribution in [-0.2, 0) is 22.4 Å². The quantitative estimate of drug-likeness (QED) is 0.843. The van der Waals surface area contributed by atoms with Gasteiger partial charge in [0, 0.05) is 18.7 Å². The van der Waals surface area contributed by atoms with Crippen molar-refractivity contribution in [3.05, 3.63) is 34.9 Å². The van der Waals surface area contributed by atoms with Crippen molar-refractivity contribution in [2.75, 3.05) is 32.9 Å². The van der Waals surface area contributed by atoms with E-state index in [1.807, 2.05) is 12.1 Å². The third-order valence-electron chi connectivity index (χ3n) is 3.73. The van der Waals surface area contributed by atoms with E-state index < -0.39 is 0 Å². The van der Waals surface area contributed by atoms with Gasteiger partial charge in [0.15, 0.2) is 0 Å². The van der Waals surface area contributed by atoms with Gasteiger partial charge in [-0.05, 0) is 36.2 Å². The van der Waals surface area contributed by atoms with E-state index >= 15 is 0 Å². The number of rotatable bonds is 3. The standard InChI is InChI=1S/C15H20N2O3/c18-15(17-9-14-10-19-5-6-20-14)12-2-1-11-3-4-16-8-13(11)7-12/h1-2,7,14,16H,3-6,8-10H2,(H,17,18). The van der Waals surface area contributed by atoms with Gasteiger partial charge in [-0.25, -0.2) is 0 Å². The lowest BCUT2D eigenvalue weighted by Gasteiger charge is -2.23. The molecule has 108 valence electrons. The smallest absolute Gasteiger partial charge is 0.251 e. The highest BCUT2D eigenvalue weighted by Gasteiger charge is 2.17. The Labute approximate surface area is 118 Å². The lowest BCUT2D eigenvalue weighted by molar-refractivity contribution is -0.0855. The summed E-state index contributed by atoms with van der Waals surface area (Å²) in [5.41, 5.74) is 3.27. The second kappa shape index (κ2) is 6.35. The summed E-state index contributed by atoms with van der Waals surface area (Å²) < 4.78 is 10.8. The number of carbonyl (C=O) groups is 1. The lowest BCUT2D eigenvalue weighted by atomic mass is 9.98. The van der Waals surface area contributed by atoms with Crippen LogP contribution in [0.2, 0.25) is 0 Å². The highest BCUT2D eigenvalue weighted by Crippen LogP contribution is 2.15. The molecular formula is C15H20N2O3. The Balaban J connectivity index is 1.59. The summed E-state index contributed by atoms with van der Waals surface area (Å²) in [6.45, 7) is 4.14. The molecule has 1 unspecified atom stereocenters. The predicted octanol–water partition coefficient (Wildman–Crippen LogP) is 0.478. The molecule has 1 atom stereocenters. The summed E-state index contributed by atoms with van der Waals surface area (Å²) in [7, 11) is 0. The van der Waals surface area contributed by atoms with Gasteiger partial charge in [-0.1, -0.05) is 6.07 Å². The largest absolute Gasteiger partial charge is 0.376 e. The summed E-state index contributed by atoms with van der Waals surface area (Å²) in [6, 6.07) is 5.94. The molecule has 0 radical (unpaired) electrons. The monoisotopic (exact) mass is 276 g/mol. The van der Waals surface area contributed by atoms with Crippen LogP contribution in [0.5, 0.6) is 0 Å². The lowest BCUT2D eigenvalue weighted by Crippen LogP contribution is -2.39. The minimum absolute atomic E-state index is 0.0352. The van der Waals surface area contributed by atoms with Gasteiger partial charge in [0.25, 0.3) is 5.91 Å². The van der Waals surface area contributed by atoms with E-state index in [1.54, 1.807) is 0 Å². The normalized spacial score (nSPS) is 22.1. The maximum absolute atomic E-state index is 12.1. The van der Waals surface area contributed by atoms with Gasteiger partial charge in [0.1, 0.15) is 0 Å².